The highest BCUT2D eigenvalue weighted by Crippen LogP contribution is 2.43. The minimum absolute atomic E-state index is 0.0588. The van der Waals surface area contributed by atoms with Crippen molar-refractivity contribution in [3.05, 3.63) is 69.1 Å². The molecule has 1 unspecified atom stereocenters. The van der Waals surface area contributed by atoms with Crippen molar-refractivity contribution in [3.63, 3.8) is 0 Å². The van der Waals surface area contributed by atoms with Gasteiger partial charge in [-0.1, -0.05) is 11.6 Å². The van der Waals surface area contributed by atoms with E-state index in [0.29, 0.717) is 95.3 Å². The van der Waals surface area contributed by atoms with Crippen LogP contribution in [0.2, 0.25) is 5.02 Å². The predicted molar refractivity (Wildman–Crippen MR) is 266 cm³/mol. The second-order valence-corrected chi connectivity index (χ2v) is 20.8. The molecular weight excluding hydrogens is 946 g/mol. The van der Waals surface area contributed by atoms with Crippen LogP contribution in [0.3, 0.4) is 0 Å². The number of pyridine rings is 1. The van der Waals surface area contributed by atoms with Crippen molar-refractivity contribution in [1.82, 2.24) is 39.9 Å². The fraction of sp³-hybridized carbons (Fsp3) is 0.510. The predicted octanol–water partition coefficient (Wildman–Crippen LogP) is 3.55. The zero-order valence-electron chi connectivity index (χ0n) is 40.3. The number of amides is 6. The highest BCUT2D eigenvalue weighted by atomic mass is 35.5. The highest BCUT2D eigenvalue weighted by Gasteiger charge is 2.46. The minimum atomic E-state index is -0.981. The molecule has 0 aliphatic carbocycles. The first-order valence-corrected chi connectivity index (χ1v) is 25.6. The van der Waals surface area contributed by atoms with Gasteiger partial charge in [-0.3, -0.25) is 48.3 Å². The summed E-state index contributed by atoms with van der Waals surface area (Å²) in [7, 11) is 1.50. The molecule has 2 aromatic heterocycles. The SMILES string of the molecule is CNC(=O)COc1cc2cc(Nc3nc(N4CCC(C(=O)N5CCC(CN6CCC7(CC6)CCN(c6ccc8c(c6)C(=O)N(C6CCC(=O)NC6=O)C8=O)C7)CC5)CC4)ncc3Cl)cc3c2n(c1=O)CCO3. The first kappa shape index (κ1) is 47.5. The lowest BCUT2D eigenvalue weighted by atomic mass is 9.77. The molecule has 1 spiro atoms. The van der Waals surface area contributed by atoms with Crippen molar-refractivity contribution in [1.29, 1.82) is 0 Å². The molecule has 72 heavy (non-hydrogen) atoms. The van der Waals surface area contributed by atoms with E-state index in [0.717, 1.165) is 88.5 Å². The molecule has 21 heteroatoms. The summed E-state index contributed by atoms with van der Waals surface area (Å²) in [5.41, 5.74) is 2.64. The summed E-state index contributed by atoms with van der Waals surface area (Å²) >= 11 is 6.63. The Bertz CT molecular complexity index is 2940. The normalized spacial score (nSPS) is 21.6. The van der Waals surface area contributed by atoms with E-state index < -0.39 is 29.7 Å². The number of aromatic nitrogens is 3. The van der Waals surface area contributed by atoms with Gasteiger partial charge in [-0.15, -0.1) is 0 Å². The highest BCUT2D eigenvalue weighted by molar-refractivity contribution is 6.33. The summed E-state index contributed by atoms with van der Waals surface area (Å²) in [4.78, 5) is 109. The van der Waals surface area contributed by atoms with Gasteiger partial charge in [-0.25, -0.2) is 4.98 Å². The Morgan fingerprint density at radius 2 is 1.64 bits per heavy atom. The van der Waals surface area contributed by atoms with Gasteiger partial charge in [0.1, 0.15) is 23.4 Å². The summed E-state index contributed by atoms with van der Waals surface area (Å²) in [6.45, 7) is 8.01. The molecule has 7 aliphatic heterocycles. The number of carbonyl (C=O) groups excluding carboxylic acids is 6. The van der Waals surface area contributed by atoms with Gasteiger partial charge in [0, 0.05) is 88.0 Å². The van der Waals surface area contributed by atoms with E-state index in [1.54, 1.807) is 35.0 Å². The Morgan fingerprint density at radius 3 is 2.40 bits per heavy atom. The number of rotatable bonds is 11. The maximum absolute atomic E-state index is 13.9. The number of fused-ring (bicyclic) bond motifs is 1. The lowest BCUT2D eigenvalue weighted by Gasteiger charge is -2.42. The number of ether oxygens (including phenoxy) is 2. The third-order valence-electron chi connectivity index (χ3n) is 16.0. The number of nitrogens with zero attached hydrogens (tertiary/aromatic N) is 8. The second kappa shape index (κ2) is 19.3. The van der Waals surface area contributed by atoms with E-state index in [9.17, 15) is 33.6 Å². The molecule has 0 bridgehead atoms. The number of nitrogens with one attached hydrogen (secondary N) is 3. The van der Waals surface area contributed by atoms with Gasteiger partial charge in [-0.05, 0) is 106 Å². The van der Waals surface area contributed by atoms with Gasteiger partial charge in [0.05, 0.1) is 29.4 Å². The minimum Gasteiger partial charge on any atom is -0.489 e. The summed E-state index contributed by atoms with van der Waals surface area (Å²) in [6.07, 6.45) is 8.42. The molecule has 20 nitrogen and oxygen atoms in total. The molecule has 0 saturated carbocycles. The maximum atomic E-state index is 13.9. The van der Waals surface area contributed by atoms with Crippen molar-refractivity contribution in [2.75, 3.05) is 94.3 Å². The van der Waals surface area contributed by atoms with Crippen LogP contribution in [-0.2, 0) is 25.7 Å². The maximum Gasteiger partial charge on any atom is 0.293 e. The number of anilines is 4. The molecule has 5 fully saturated rings. The quantitative estimate of drug-likeness (QED) is 0.183. The summed E-state index contributed by atoms with van der Waals surface area (Å²) in [5.74, 6) is -0.106. The summed E-state index contributed by atoms with van der Waals surface area (Å²) < 4.78 is 13.2. The molecule has 3 N–H and O–H groups in total. The molecule has 1 atom stereocenters. The van der Waals surface area contributed by atoms with Crippen LogP contribution in [0.5, 0.6) is 11.5 Å². The molecule has 5 saturated heterocycles. The third-order valence-corrected chi connectivity index (χ3v) is 16.3. The van der Waals surface area contributed by atoms with Gasteiger partial charge >= 0.3 is 0 Å². The van der Waals surface area contributed by atoms with Crippen LogP contribution in [0.1, 0.15) is 78.5 Å². The first-order chi connectivity index (χ1) is 34.8. The lowest BCUT2D eigenvalue weighted by Crippen LogP contribution is -2.54. The zero-order valence-corrected chi connectivity index (χ0v) is 41.0. The van der Waals surface area contributed by atoms with Gasteiger partial charge < -0.3 is 39.7 Å². The number of hydrogen-bond donors (Lipinski definition) is 3. The number of halogens is 1. The standard InChI is InChI=1S/C51H58ClN11O9/c1-53-42(65)28-72-40-23-32-22-33(24-39-43(32)62(49(40)70)20-21-71-39)55-44-37(52)26-54-50(57-44)60-15-8-31(9-16-60)46(67)59-13-6-30(7-14-59)27-58-17-10-51(11-18-58)12-19-61(29-51)34-2-3-35-36(25-34)48(69)63(47(35)68)38-4-5-41(64)56-45(38)66/h2-3,22-26,30-31,38H,4-21,27-29H2,1H3,(H,53,65)(H,54,55,57)(H,56,64,66). The number of hydrogen-bond acceptors (Lipinski definition) is 15. The molecule has 11 rings (SSSR count). The van der Waals surface area contributed by atoms with Gasteiger partial charge in [0.15, 0.2) is 18.2 Å². The topological polar surface area (TPSA) is 221 Å². The Labute approximate surface area is 420 Å². The number of imide groups is 2. The lowest BCUT2D eigenvalue weighted by molar-refractivity contribution is -0.138. The van der Waals surface area contributed by atoms with Crippen LogP contribution in [0.4, 0.5) is 23.1 Å². The molecule has 9 heterocycles. The van der Waals surface area contributed by atoms with E-state index in [2.05, 4.69) is 40.5 Å². The van der Waals surface area contributed by atoms with Crippen LogP contribution >= 0.6 is 11.6 Å². The Kier molecular flexibility index (Phi) is 12.8. The number of carbonyl (C=O) groups is 6. The van der Waals surface area contributed by atoms with Crippen molar-refractivity contribution in [2.24, 2.45) is 17.3 Å². The van der Waals surface area contributed by atoms with Crippen LogP contribution in [0.25, 0.3) is 10.9 Å². The van der Waals surface area contributed by atoms with Crippen molar-refractivity contribution < 1.29 is 38.2 Å². The number of likely N-dealkylation sites (tertiary alicyclic amines) is 2. The number of piperidine rings is 4. The number of likely N-dealkylation sites (N-methyl/N-ethyl adjacent to an activating group) is 1. The molecule has 4 aromatic rings. The van der Waals surface area contributed by atoms with Gasteiger partial charge in [-0.2, -0.15) is 4.98 Å². The van der Waals surface area contributed by atoms with Crippen molar-refractivity contribution >= 4 is 81.1 Å². The molecule has 6 amide bonds. The van der Waals surface area contributed by atoms with E-state index in [-0.39, 0.29) is 53.9 Å². The van der Waals surface area contributed by atoms with Gasteiger partial charge in [0.25, 0.3) is 23.3 Å². The molecule has 2 aromatic carbocycles. The largest absolute Gasteiger partial charge is 0.489 e. The zero-order chi connectivity index (χ0) is 49.8. The van der Waals surface area contributed by atoms with Crippen LogP contribution in [0.15, 0.2) is 47.4 Å². The van der Waals surface area contributed by atoms with E-state index in [1.807, 2.05) is 12.1 Å². The summed E-state index contributed by atoms with van der Waals surface area (Å²) in [6, 6.07) is 9.69. The van der Waals surface area contributed by atoms with E-state index in [1.165, 1.54) is 7.05 Å². The Balaban J connectivity index is 0.637. The van der Waals surface area contributed by atoms with Gasteiger partial charge in [0.2, 0.25) is 23.7 Å². The fourth-order valence-electron chi connectivity index (χ4n) is 11.9. The fourth-order valence-corrected chi connectivity index (χ4v) is 12.0. The van der Waals surface area contributed by atoms with Crippen molar-refractivity contribution in [2.45, 2.75) is 70.4 Å². The smallest absolute Gasteiger partial charge is 0.293 e. The van der Waals surface area contributed by atoms with Crippen LogP contribution in [0, 0.1) is 17.3 Å². The Hall–Kier alpha value is -6.80. The van der Waals surface area contributed by atoms with E-state index >= 15 is 0 Å². The van der Waals surface area contributed by atoms with Crippen molar-refractivity contribution in [3.8, 4) is 11.5 Å². The first-order valence-electron chi connectivity index (χ1n) is 25.2. The second-order valence-electron chi connectivity index (χ2n) is 20.4. The average molecular weight is 1000 g/mol. The number of benzene rings is 2. The molecule has 7 aliphatic rings. The molecular formula is C51H58ClN11O9. The average Bonchev–Trinajstić information content (AvgIpc) is 3.92. The van der Waals surface area contributed by atoms with E-state index in [4.69, 9.17) is 26.1 Å². The summed E-state index contributed by atoms with van der Waals surface area (Å²) in [5, 5.41) is 9.07. The monoisotopic (exact) mass is 1000 g/mol. The van der Waals surface area contributed by atoms with Crippen LogP contribution < -0.4 is 40.8 Å². The Morgan fingerprint density at radius 1 is 0.875 bits per heavy atom. The third kappa shape index (κ3) is 9.07. The molecule has 378 valence electrons. The molecule has 0 radical (unpaired) electrons. The van der Waals surface area contributed by atoms with Crippen LogP contribution in [-0.4, -0.2) is 150 Å².